The monoisotopic (exact) mass is 389 g/mol. The highest BCUT2D eigenvalue weighted by molar-refractivity contribution is 5.45. The van der Waals surface area contributed by atoms with Crippen LogP contribution in [0.5, 0.6) is 5.75 Å². The topological polar surface area (TPSA) is 12.5 Å². The largest absolute Gasteiger partial charge is 0.492 e. The zero-order valence-corrected chi connectivity index (χ0v) is 18.4. The summed E-state index contributed by atoms with van der Waals surface area (Å²) in [5.74, 6) is 1.17. The number of hydrogen-bond acceptors (Lipinski definition) is 2. The van der Waals surface area contributed by atoms with E-state index in [0.29, 0.717) is 6.61 Å². The number of ether oxygens (including phenoxy) is 1. The van der Waals surface area contributed by atoms with E-state index in [-0.39, 0.29) is 11.3 Å². The Morgan fingerprint density at radius 1 is 1.07 bits per heavy atom. The summed E-state index contributed by atoms with van der Waals surface area (Å²) in [6.07, 6.45) is 6.85. The van der Waals surface area contributed by atoms with Gasteiger partial charge in [0, 0.05) is 12.0 Å². The van der Waals surface area contributed by atoms with Gasteiger partial charge in [0.25, 0.3) is 0 Å². The van der Waals surface area contributed by atoms with Crippen LogP contribution in [0.2, 0.25) is 0 Å². The molecule has 2 rings (SSSR count). The summed E-state index contributed by atoms with van der Waals surface area (Å²) in [5.41, 5.74) is 3.48. The van der Waals surface area contributed by atoms with Gasteiger partial charge in [-0.15, -0.1) is 0 Å². The fraction of sp³-hybridized carbons (Fsp3) is 0.333. The Morgan fingerprint density at radius 3 is 2.24 bits per heavy atom. The number of hydrogen-bond donors (Lipinski definition) is 0. The molecule has 0 aliphatic rings. The molecule has 0 saturated heterocycles. The molecule has 2 heteroatoms. The van der Waals surface area contributed by atoms with Crippen molar-refractivity contribution in [3.63, 3.8) is 0 Å². The molecule has 0 radical (unpaired) electrons. The van der Waals surface area contributed by atoms with Gasteiger partial charge in [0.1, 0.15) is 12.4 Å². The van der Waals surface area contributed by atoms with Crippen molar-refractivity contribution in [3.8, 4) is 5.75 Å². The normalized spacial score (nSPS) is 14.5. The summed E-state index contributed by atoms with van der Waals surface area (Å²) in [5, 5.41) is 0. The average Bonchev–Trinajstić information content (AvgIpc) is 2.73. The lowest BCUT2D eigenvalue weighted by Gasteiger charge is -2.39. The Bertz CT molecular complexity index is 804. The lowest BCUT2D eigenvalue weighted by atomic mass is 9.64. The second kappa shape index (κ2) is 10.8. The first-order valence-electron chi connectivity index (χ1n) is 10.3. The summed E-state index contributed by atoms with van der Waals surface area (Å²) in [6, 6.07) is 19.3. The summed E-state index contributed by atoms with van der Waals surface area (Å²) >= 11 is 0. The summed E-state index contributed by atoms with van der Waals surface area (Å²) < 4.78 is 5.90. The molecular weight excluding hydrogens is 354 g/mol. The molecule has 2 nitrogen and oxygen atoms in total. The van der Waals surface area contributed by atoms with Crippen molar-refractivity contribution in [1.82, 2.24) is 4.90 Å². The highest BCUT2D eigenvalue weighted by Crippen LogP contribution is 2.44. The van der Waals surface area contributed by atoms with Gasteiger partial charge in [-0.1, -0.05) is 93.3 Å². The summed E-state index contributed by atoms with van der Waals surface area (Å²) in [7, 11) is 4.10. The van der Waals surface area contributed by atoms with Gasteiger partial charge in [-0.05, 0) is 49.7 Å². The third kappa shape index (κ3) is 5.71. The van der Waals surface area contributed by atoms with E-state index in [4.69, 9.17) is 4.74 Å². The van der Waals surface area contributed by atoms with Crippen molar-refractivity contribution in [2.24, 2.45) is 5.92 Å². The van der Waals surface area contributed by atoms with Gasteiger partial charge in [-0.3, -0.25) is 0 Å². The van der Waals surface area contributed by atoms with E-state index in [9.17, 15) is 0 Å². The molecule has 0 heterocycles. The fourth-order valence-corrected chi connectivity index (χ4v) is 3.95. The summed E-state index contributed by atoms with van der Waals surface area (Å²) in [4.78, 5) is 2.12. The Kier molecular flexibility index (Phi) is 8.48. The quantitative estimate of drug-likeness (QED) is 0.421. The van der Waals surface area contributed by atoms with E-state index in [1.54, 1.807) is 6.08 Å². The molecule has 2 aromatic rings. The molecule has 2 aromatic carbocycles. The number of likely N-dealkylation sites (N-methyl/N-ethyl adjacent to an activating group) is 1. The van der Waals surface area contributed by atoms with Crippen LogP contribution in [0.4, 0.5) is 0 Å². The van der Waals surface area contributed by atoms with E-state index in [0.717, 1.165) is 24.3 Å². The molecule has 0 aliphatic heterocycles. The molecule has 2 atom stereocenters. The van der Waals surface area contributed by atoms with Crippen LogP contribution < -0.4 is 4.74 Å². The van der Waals surface area contributed by atoms with Gasteiger partial charge in [-0.2, -0.15) is 0 Å². The van der Waals surface area contributed by atoms with E-state index in [1.165, 1.54) is 11.1 Å². The molecule has 0 aliphatic carbocycles. The number of allylic oxidation sites excluding steroid dienone is 4. The van der Waals surface area contributed by atoms with Crippen molar-refractivity contribution in [2.75, 3.05) is 27.2 Å². The highest BCUT2D eigenvalue weighted by atomic mass is 16.5. The molecule has 0 saturated carbocycles. The minimum atomic E-state index is -0.194. The van der Waals surface area contributed by atoms with Crippen molar-refractivity contribution >= 4 is 0 Å². The molecule has 0 fully saturated rings. The lowest BCUT2D eigenvalue weighted by Crippen LogP contribution is -2.34. The van der Waals surface area contributed by atoms with Crippen LogP contribution in [-0.2, 0) is 5.41 Å². The van der Waals surface area contributed by atoms with Gasteiger partial charge in [0.2, 0.25) is 0 Å². The van der Waals surface area contributed by atoms with E-state index in [1.807, 2.05) is 6.08 Å². The van der Waals surface area contributed by atoms with Crippen LogP contribution >= 0.6 is 0 Å². The molecule has 2 unspecified atom stereocenters. The molecule has 29 heavy (non-hydrogen) atoms. The van der Waals surface area contributed by atoms with Gasteiger partial charge in [0.15, 0.2) is 0 Å². The highest BCUT2D eigenvalue weighted by Gasteiger charge is 2.37. The predicted molar refractivity (Wildman–Crippen MR) is 126 cm³/mol. The second-order valence-electron chi connectivity index (χ2n) is 7.88. The maximum atomic E-state index is 5.90. The first-order chi connectivity index (χ1) is 13.9. The van der Waals surface area contributed by atoms with Crippen molar-refractivity contribution in [3.05, 3.63) is 103 Å². The smallest absolute Gasteiger partial charge is 0.119 e. The molecule has 0 aromatic heterocycles. The number of benzene rings is 2. The lowest BCUT2D eigenvalue weighted by molar-refractivity contribution is 0.261. The Labute approximate surface area is 177 Å². The minimum absolute atomic E-state index is 0.194. The average molecular weight is 390 g/mol. The molecule has 0 spiro atoms. The zero-order valence-electron chi connectivity index (χ0n) is 18.4. The van der Waals surface area contributed by atoms with Crippen molar-refractivity contribution in [2.45, 2.75) is 25.7 Å². The Morgan fingerprint density at radius 2 is 1.69 bits per heavy atom. The van der Waals surface area contributed by atoms with Crippen LogP contribution in [0.3, 0.4) is 0 Å². The van der Waals surface area contributed by atoms with Gasteiger partial charge in [0.05, 0.1) is 0 Å². The minimum Gasteiger partial charge on any atom is -0.492 e. The van der Waals surface area contributed by atoms with Crippen molar-refractivity contribution in [1.29, 1.82) is 0 Å². The van der Waals surface area contributed by atoms with Crippen LogP contribution in [0.15, 0.2) is 91.6 Å². The fourth-order valence-electron chi connectivity index (χ4n) is 3.95. The first-order valence-corrected chi connectivity index (χ1v) is 10.3. The van der Waals surface area contributed by atoms with E-state index < -0.39 is 0 Å². The Balaban J connectivity index is 2.41. The number of nitrogens with zero attached hydrogens (tertiary/aromatic N) is 1. The predicted octanol–water partition coefficient (Wildman–Crippen LogP) is 6.26. The number of rotatable bonds is 11. The third-order valence-corrected chi connectivity index (χ3v) is 5.63. The zero-order chi connectivity index (χ0) is 21.3. The molecule has 0 amide bonds. The maximum absolute atomic E-state index is 5.90. The molecule has 0 bridgehead atoms. The standard InChI is InChI=1S/C27H35NO/c1-7-9-13-22(3)26(8-2)27(4,23-14-11-10-12-15-23)24-16-18-25(19-17-24)29-21-20-28(5)6/h7,9-19,26H,1,3,8,20-21H2,2,4-6H3/b13-9-. The third-order valence-electron chi connectivity index (χ3n) is 5.63. The first kappa shape index (κ1) is 22.7. The maximum Gasteiger partial charge on any atom is 0.119 e. The SMILES string of the molecule is C=C/C=C\C(=C)C(CC)C(C)(c1ccccc1)c1ccc(OCCN(C)C)cc1. The molecule has 154 valence electrons. The van der Waals surface area contributed by atoms with E-state index in [2.05, 4.69) is 107 Å². The Hall–Kier alpha value is -2.58. The molecular formula is C27H35NO. The second-order valence-corrected chi connectivity index (χ2v) is 7.88. The van der Waals surface area contributed by atoms with Crippen LogP contribution in [0.1, 0.15) is 31.4 Å². The van der Waals surface area contributed by atoms with Crippen LogP contribution in [0.25, 0.3) is 0 Å². The van der Waals surface area contributed by atoms with Gasteiger partial charge < -0.3 is 9.64 Å². The van der Waals surface area contributed by atoms with Crippen LogP contribution in [-0.4, -0.2) is 32.1 Å². The van der Waals surface area contributed by atoms with Gasteiger partial charge >= 0.3 is 0 Å². The molecule has 0 N–H and O–H groups in total. The summed E-state index contributed by atoms with van der Waals surface area (Å²) in [6.45, 7) is 14.3. The van der Waals surface area contributed by atoms with Gasteiger partial charge in [-0.25, -0.2) is 0 Å². The van der Waals surface area contributed by atoms with E-state index >= 15 is 0 Å². The van der Waals surface area contributed by atoms with Crippen LogP contribution in [0, 0.1) is 5.92 Å². The van der Waals surface area contributed by atoms with Crippen molar-refractivity contribution < 1.29 is 4.74 Å².